The van der Waals surface area contributed by atoms with E-state index < -0.39 is 0 Å². The van der Waals surface area contributed by atoms with Crippen LogP contribution in [0.2, 0.25) is 0 Å². The highest BCUT2D eigenvalue weighted by Crippen LogP contribution is 2.22. The van der Waals surface area contributed by atoms with Crippen LogP contribution in [0.25, 0.3) is 11.0 Å². The van der Waals surface area contributed by atoms with Crippen molar-refractivity contribution in [2.45, 2.75) is 6.54 Å². The Morgan fingerprint density at radius 3 is 2.83 bits per heavy atom. The third-order valence-electron chi connectivity index (χ3n) is 4.37. The number of carbonyl (C=O) groups excluding carboxylic acids is 1. The number of carbonyl (C=O) groups is 1. The Labute approximate surface area is 166 Å². The first-order valence-corrected chi connectivity index (χ1v) is 8.93. The molecule has 0 aliphatic heterocycles. The molecule has 0 saturated carbocycles. The Hall–Kier alpha value is -4.07. The first-order valence-electron chi connectivity index (χ1n) is 8.93. The number of hydrogen-bond donors (Lipinski definition) is 1. The van der Waals surface area contributed by atoms with Crippen LogP contribution in [0, 0.1) is 0 Å². The molecule has 144 valence electrons. The van der Waals surface area contributed by atoms with Crippen molar-refractivity contribution in [2.75, 3.05) is 7.11 Å². The minimum Gasteiger partial charge on any atom is -0.496 e. The number of hydrazone groups is 1. The summed E-state index contributed by atoms with van der Waals surface area (Å²) in [7, 11) is 1.63. The second-order valence-corrected chi connectivity index (χ2v) is 6.24. The van der Waals surface area contributed by atoms with E-state index in [1.165, 1.54) is 0 Å². The van der Waals surface area contributed by atoms with Gasteiger partial charge in [-0.05, 0) is 48.0 Å². The summed E-state index contributed by atoms with van der Waals surface area (Å²) in [5.41, 5.74) is 6.52. The number of rotatable bonds is 6. The highest BCUT2D eigenvalue weighted by molar-refractivity contribution is 5.94. The van der Waals surface area contributed by atoms with Crippen LogP contribution in [0.5, 0.6) is 5.75 Å². The zero-order valence-electron chi connectivity index (χ0n) is 15.7. The van der Waals surface area contributed by atoms with E-state index in [1.54, 1.807) is 37.9 Å². The topological polar surface area (TPSA) is 94.3 Å². The molecule has 0 atom stereocenters. The second-order valence-electron chi connectivity index (χ2n) is 6.24. The summed E-state index contributed by atoms with van der Waals surface area (Å²) in [6.07, 6.45) is 4.70. The number of para-hydroxylation sites is 1. The van der Waals surface area contributed by atoms with Gasteiger partial charge in [-0.2, -0.15) is 5.10 Å². The number of hydrogen-bond acceptors (Lipinski definition) is 6. The third-order valence-corrected chi connectivity index (χ3v) is 4.37. The second kappa shape index (κ2) is 8.30. The van der Waals surface area contributed by atoms with Gasteiger partial charge in [-0.15, -0.1) is 5.10 Å². The van der Waals surface area contributed by atoms with Gasteiger partial charge in [0.2, 0.25) is 0 Å². The normalized spacial score (nSPS) is 11.1. The van der Waals surface area contributed by atoms with Crippen molar-refractivity contribution in [1.82, 2.24) is 25.4 Å². The molecule has 0 saturated heterocycles. The van der Waals surface area contributed by atoms with Gasteiger partial charge < -0.3 is 4.74 Å². The van der Waals surface area contributed by atoms with Gasteiger partial charge >= 0.3 is 0 Å². The maximum Gasteiger partial charge on any atom is 0.271 e. The van der Waals surface area contributed by atoms with Gasteiger partial charge in [0.25, 0.3) is 5.91 Å². The molecule has 1 N–H and O–H groups in total. The molecule has 0 bridgehead atoms. The Kier molecular flexibility index (Phi) is 5.24. The van der Waals surface area contributed by atoms with Crippen molar-refractivity contribution < 1.29 is 9.53 Å². The molecule has 8 nitrogen and oxygen atoms in total. The third kappa shape index (κ3) is 4.11. The van der Waals surface area contributed by atoms with Crippen LogP contribution < -0.4 is 10.2 Å². The van der Waals surface area contributed by atoms with Gasteiger partial charge in [0.1, 0.15) is 11.3 Å². The number of fused-ring (bicyclic) bond motifs is 1. The van der Waals surface area contributed by atoms with Gasteiger partial charge in [0, 0.05) is 23.5 Å². The average Bonchev–Trinajstić information content (AvgIpc) is 3.17. The first-order chi connectivity index (χ1) is 14.2. The Bertz CT molecular complexity index is 1170. The SMILES string of the molecule is COc1ccc(C=NNC(=O)c2ccncc2)cc1Cn1nnc2ccccc21. The molecule has 4 rings (SSSR count). The van der Waals surface area contributed by atoms with Crippen molar-refractivity contribution >= 4 is 23.2 Å². The standard InChI is InChI=1S/C21H18N6O2/c1-29-20-7-6-15(13-23-25-21(28)16-8-10-22-11-9-16)12-17(20)14-27-19-5-3-2-4-18(19)24-26-27/h2-13H,14H2,1H3,(H,25,28). The lowest BCUT2D eigenvalue weighted by Gasteiger charge is -2.10. The number of methoxy groups -OCH3 is 1. The lowest BCUT2D eigenvalue weighted by atomic mass is 10.1. The molecule has 0 unspecified atom stereocenters. The predicted molar refractivity (Wildman–Crippen MR) is 109 cm³/mol. The summed E-state index contributed by atoms with van der Waals surface area (Å²) in [6, 6.07) is 16.7. The lowest BCUT2D eigenvalue weighted by Crippen LogP contribution is -2.17. The van der Waals surface area contributed by atoms with E-state index in [0.717, 1.165) is 27.9 Å². The molecule has 0 spiro atoms. The number of pyridine rings is 1. The molecule has 2 aromatic carbocycles. The minimum absolute atomic E-state index is 0.300. The van der Waals surface area contributed by atoms with Crippen LogP contribution in [-0.4, -0.2) is 39.2 Å². The van der Waals surface area contributed by atoms with Gasteiger partial charge in [0.05, 0.1) is 25.4 Å². The van der Waals surface area contributed by atoms with Crippen LogP contribution in [0.3, 0.4) is 0 Å². The molecule has 4 aromatic rings. The number of nitrogens with zero attached hydrogens (tertiary/aromatic N) is 5. The fourth-order valence-electron chi connectivity index (χ4n) is 2.93. The highest BCUT2D eigenvalue weighted by atomic mass is 16.5. The van der Waals surface area contributed by atoms with E-state index >= 15 is 0 Å². The maximum atomic E-state index is 12.0. The minimum atomic E-state index is -0.300. The molecular formula is C21H18N6O2. The van der Waals surface area contributed by atoms with Crippen molar-refractivity contribution in [3.05, 3.63) is 83.7 Å². The number of ether oxygens (including phenoxy) is 1. The van der Waals surface area contributed by atoms with Crippen molar-refractivity contribution in [3.8, 4) is 5.75 Å². The van der Waals surface area contributed by atoms with E-state index in [1.807, 2.05) is 47.1 Å². The zero-order valence-corrected chi connectivity index (χ0v) is 15.7. The summed E-state index contributed by atoms with van der Waals surface area (Å²) in [5.74, 6) is 0.439. The van der Waals surface area contributed by atoms with E-state index in [9.17, 15) is 4.79 Å². The molecule has 8 heteroatoms. The smallest absolute Gasteiger partial charge is 0.271 e. The predicted octanol–water partition coefficient (Wildman–Crippen LogP) is 2.65. The van der Waals surface area contributed by atoms with Crippen LogP contribution >= 0.6 is 0 Å². The van der Waals surface area contributed by atoms with Crippen molar-refractivity contribution in [1.29, 1.82) is 0 Å². The highest BCUT2D eigenvalue weighted by Gasteiger charge is 2.09. The molecule has 1 amide bonds. The van der Waals surface area contributed by atoms with Crippen LogP contribution in [-0.2, 0) is 6.54 Å². The first kappa shape index (κ1) is 18.3. The number of nitrogens with one attached hydrogen (secondary N) is 1. The summed E-state index contributed by atoms with van der Waals surface area (Å²) in [6.45, 7) is 0.495. The fourth-order valence-corrected chi connectivity index (χ4v) is 2.93. The molecule has 0 fully saturated rings. The van der Waals surface area contributed by atoms with Gasteiger partial charge in [-0.1, -0.05) is 17.3 Å². The maximum absolute atomic E-state index is 12.0. The molecule has 2 aromatic heterocycles. The van der Waals surface area contributed by atoms with Gasteiger partial charge in [-0.3, -0.25) is 9.78 Å². The largest absolute Gasteiger partial charge is 0.496 e. The van der Waals surface area contributed by atoms with E-state index in [2.05, 4.69) is 25.8 Å². The fraction of sp³-hybridized carbons (Fsp3) is 0.0952. The summed E-state index contributed by atoms with van der Waals surface area (Å²) >= 11 is 0. The average molecular weight is 386 g/mol. The summed E-state index contributed by atoms with van der Waals surface area (Å²) in [5, 5.41) is 12.5. The molecule has 0 aliphatic carbocycles. The van der Waals surface area contributed by atoms with Gasteiger partial charge in [0.15, 0.2) is 0 Å². The monoisotopic (exact) mass is 386 g/mol. The van der Waals surface area contributed by atoms with Crippen molar-refractivity contribution in [2.24, 2.45) is 5.10 Å². The van der Waals surface area contributed by atoms with Crippen LogP contribution in [0.1, 0.15) is 21.5 Å². The van der Waals surface area contributed by atoms with E-state index in [4.69, 9.17) is 4.74 Å². The molecule has 2 heterocycles. The van der Waals surface area contributed by atoms with Gasteiger partial charge in [-0.25, -0.2) is 10.1 Å². The summed E-state index contributed by atoms with van der Waals surface area (Å²) < 4.78 is 7.30. The van der Waals surface area contributed by atoms with E-state index in [0.29, 0.717) is 12.1 Å². The van der Waals surface area contributed by atoms with Crippen molar-refractivity contribution in [3.63, 3.8) is 0 Å². The molecule has 0 aliphatic rings. The number of aromatic nitrogens is 4. The zero-order chi connectivity index (χ0) is 20.1. The quantitative estimate of drug-likeness (QED) is 0.406. The van der Waals surface area contributed by atoms with Crippen LogP contribution in [0.4, 0.5) is 0 Å². The van der Waals surface area contributed by atoms with E-state index in [-0.39, 0.29) is 5.91 Å². The molecule has 29 heavy (non-hydrogen) atoms. The number of amides is 1. The Morgan fingerprint density at radius 2 is 2.00 bits per heavy atom. The Balaban J connectivity index is 1.53. The number of benzene rings is 2. The van der Waals surface area contributed by atoms with Crippen LogP contribution in [0.15, 0.2) is 72.1 Å². The lowest BCUT2D eigenvalue weighted by molar-refractivity contribution is 0.0955. The Morgan fingerprint density at radius 1 is 1.17 bits per heavy atom. The molecular weight excluding hydrogens is 368 g/mol. The molecule has 0 radical (unpaired) electrons. The summed E-state index contributed by atoms with van der Waals surface area (Å²) in [4.78, 5) is 15.9.